The lowest BCUT2D eigenvalue weighted by atomic mass is 10.1. The van der Waals surface area contributed by atoms with Crippen LogP contribution in [0.1, 0.15) is 11.6 Å². The molecule has 0 saturated carbocycles. The second-order valence-electron chi connectivity index (χ2n) is 3.37. The Morgan fingerprint density at radius 1 is 1.38 bits per heavy atom. The summed E-state index contributed by atoms with van der Waals surface area (Å²) in [7, 11) is 0. The van der Waals surface area contributed by atoms with Gasteiger partial charge in [0.15, 0.2) is 5.13 Å². The SMILES string of the molecule is NC(CNc1nc(Br)cs1)c1ccccc1. The topological polar surface area (TPSA) is 50.9 Å². The van der Waals surface area contributed by atoms with Crippen LogP contribution < -0.4 is 11.1 Å². The third kappa shape index (κ3) is 3.04. The second-order valence-corrected chi connectivity index (χ2v) is 5.04. The van der Waals surface area contributed by atoms with Gasteiger partial charge in [0.05, 0.1) is 0 Å². The molecule has 0 fully saturated rings. The van der Waals surface area contributed by atoms with E-state index in [0.717, 1.165) is 15.3 Å². The first-order chi connectivity index (χ1) is 7.75. The van der Waals surface area contributed by atoms with E-state index in [1.165, 1.54) is 0 Å². The quantitative estimate of drug-likeness (QED) is 0.912. The number of rotatable bonds is 4. The van der Waals surface area contributed by atoms with Gasteiger partial charge in [-0.25, -0.2) is 4.98 Å². The van der Waals surface area contributed by atoms with E-state index >= 15 is 0 Å². The predicted molar refractivity (Wildman–Crippen MR) is 71.7 cm³/mol. The van der Waals surface area contributed by atoms with E-state index in [2.05, 4.69) is 26.2 Å². The molecule has 16 heavy (non-hydrogen) atoms. The van der Waals surface area contributed by atoms with Crippen LogP contribution in [0.2, 0.25) is 0 Å². The lowest BCUT2D eigenvalue weighted by molar-refractivity contribution is 0.764. The van der Waals surface area contributed by atoms with E-state index in [-0.39, 0.29) is 6.04 Å². The van der Waals surface area contributed by atoms with Crippen LogP contribution in [0.3, 0.4) is 0 Å². The van der Waals surface area contributed by atoms with Crippen molar-refractivity contribution in [2.24, 2.45) is 5.73 Å². The average molecular weight is 298 g/mol. The number of anilines is 1. The molecule has 1 aromatic carbocycles. The second kappa shape index (κ2) is 5.43. The maximum Gasteiger partial charge on any atom is 0.183 e. The van der Waals surface area contributed by atoms with Crippen LogP contribution in [-0.2, 0) is 0 Å². The highest BCUT2D eigenvalue weighted by Gasteiger charge is 2.06. The molecule has 2 rings (SSSR count). The number of nitrogens with one attached hydrogen (secondary N) is 1. The fourth-order valence-corrected chi connectivity index (χ4v) is 2.51. The zero-order chi connectivity index (χ0) is 11.4. The van der Waals surface area contributed by atoms with Crippen LogP contribution >= 0.6 is 27.3 Å². The van der Waals surface area contributed by atoms with Gasteiger partial charge in [0.2, 0.25) is 0 Å². The molecule has 1 aromatic heterocycles. The number of nitrogens with two attached hydrogens (primary N) is 1. The molecule has 2 aromatic rings. The zero-order valence-electron chi connectivity index (χ0n) is 8.56. The van der Waals surface area contributed by atoms with Gasteiger partial charge in [-0.3, -0.25) is 0 Å². The Kier molecular flexibility index (Phi) is 3.93. The largest absolute Gasteiger partial charge is 0.360 e. The van der Waals surface area contributed by atoms with Gasteiger partial charge in [0.1, 0.15) is 4.60 Å². The molecule has 0 radical (unpaired) electrons. The first-order valence-electron chi connectivity index (χ1n) is 4.91. The Bertz CT molecular complexity index is 444. The lowest BCUT2D eigenvalue weighted by Crippen LogP contribution is -2.20. The molecule has 3 N–H and O–H groups in total. The summed E-state index contributed by atoms with van der Waals surface area (Å²) in [5.74, 6) is 0. The molecule has 0 aliphatic rings. The van der Waals surface area contributed by atoms with Crippen LogP contribution in [0, 0.1) is 0 Å². The van der Waals surface area contributed by atoms with Crippen molar-refractivity contribution in [3.05, 3.63) is 45.9 Å². The van der Waals surface area contributed by atoms with Crippen LogP contribution in [-0.4, -0.2) is 11.5 Å². The number of thiazole rings is 1. The molecule has 1 unspecified atom stereocenters. The van der Waals surface area contributed by atoms with Gasteiger partial charge >= 0.3 is 0 Å². The summed E-state index contributed by atoms with van der Waals surface area (Å²) >= 11 is 4.87. The van der Waals surface area contributed by atoms with Crippen molar-refractivity contribution in [3.63, 3.8) is 0 Å². The van der Waals surface area contributed by atoms with Crippen molar-refractivity contribution in [3.8, 4) is 0 Å². The first-order valence-corrected chi connectivity index (χ1v) is 6.58. The Hall–Kier alpha value is -0.910. The molecular formula is C11H12BrN3S. The molecule has 0 bridgehead atoms. The number of nitrogens with zero attached hydrogens (tertiary/aromatic N) is 1. The Morgan fingerprint density at radius 2 is 2.12 bits per heavy atom. The smallest absolute Gasteiger partial charge is 0.183 e. The average Bonchev–Trinajstić information content (AvgIpc) is 2.73. The summed E-state index contributed by atoms with van der Waals surface area (Å²) in [5.41, 5.74) is 7.18. The monoisotopic (exact) mass is 297 g/mol. The number of hydrogen-bond acceptors (Lipinski definition) is 4. The van der Waals surface area contributed by atoms with E-state index < -0.39 is 0 Å². The van der Waals surface area contributed by atoms with Crippen LogP contribution in [0.25, 0.3) is 0 Å². The van der Waals surface area contributed by atoms with Crippen molar-refractivity contribution in [1.29, 1.82) is 0 Å². The number of halogens is 1. The predicted octanol–water partition coefficient (Wildman–Crippen LogP) is 3.02. The highest BCUT2D eigenvalue weighted by molar-refractivity contribution is 9.10. The van der Waals surface area contributed by atoms with Gasteiger partial charge in [0, 0.05) is 18.0 Å². The molecule has 0 saturated heterocycles. The maximum absolute atomic E-state index is 6.05. The summed E-state index contributed by atoms with van der Waals surface area (Å²) in [6.45, 7) is 0.684. The number of hydrogen-bond donors (Lipinski definition) is 2. The van der Waals surface area contributed by atoms with Gasteiger partial charge in [0.25, 0.3) is 0 Å². The fraction of sp³-hybridized carbons (Fsp3) is 0.182. The summed E-state index contributed by atoms with van der Waals surface area (Å²) in [5, 5.41) is 6.04. The third-order valence-corrected chi connectivity index (χ3v) is 3.69. The molecule has 3 nitrogen and oxygen atoms in total. The summed E-state index contributed by atoms with van der Waals surface area (Å²) in [6, 6.07) is 10.0. The minimum Gasteiger partial charge on any atom is -0.360 e. The van der Waals surface area contributed by atoms with Crippen molar-refractivity contribution >= 4 is 32.4 Å². The van der Waals surface area contributed by atoms with Crippen LogP contribution in [0.4, 0.5) is 5.13 Å². The van der Waals surface area contributed by atoms with Gasteiger partial charge in [-0.15, -0.1) is 11.3 Å². The fourth-order valence-electron chi connectivity index (χ4n) is 1.35. The molecule has 0 spiro atoms. The molecule has 1 heterocycles. The summed E-state index contributed by atoms with van der Waals surface area (Å²) < 4.78 is 0.855. The Balaban J connectivity index is 1.91. The van der Waals surface area contributed by atoms with Gasteiger partial charge < -0.3 is 11.1 Å². The molecule has 0 aliphatic carbocycles. The van der Waals surface area contributed by atoms with Crippen molar-refractivity contribution in [2.75, 3.05) is 11.9 Å². The zero-order valence-corrected chi connectivity index (χ0v) is 11.0. The minimum absolute atomic E-state index is 0.0103. The molecule has 0 aliphatic heterocycles. The molecule has 5 heteroatoms. The standard InChI is InChI=1S/C11H12BrN3S/c12-10-7-16-11(15-10)14-6-9(13)8-4-2-1-3-5-8/h1-5,7,9H,6,13H2,(H,14,15). The minimum atomic E-state index is -0.0103. The first kappa shape index (κ1) is 11.6. The lowest BCUT2D eigenvalue weighted by Gasteiger charge is -2.12. The third-order valence-electron chi connectivity index (χ3n) is 2.18. The highest BCUT2D eigenvalue weighted by Crippen LogP contribution is 2.20. The molecule has 0 amide bonds. The highest BCUT2D eigenvalue weighted by atomic mass is 79.9. The van der Waals surface area contributed by atoms with Crippen LogP contribution in [0.15, 0.2) is 40.3 Å². The number of benzene rings is 1. The van der Waals surface area contributed by atoms with Crippen molar-refractivity contribution < 1.29 is 0 Å². The van der Waals surface area contributed by atoms with Crippen molar-refractivity contribution in [1.82, 2.24) is 4.98 Å². The molecule has 84 valence electrons. The normalized spacial score (nSPS) is 12.4. The van der Waals surface area contributed by atoms with Gasteiger partial charge in [-0.1, -0.05) is 30.3 Å². The van der Waals surface area contributed by atoms with E-state index in [4.69, 9.17) is 5.73 Å². The van der Waals surface area contributed by atoms with E-state index in [0.29, 0.717) is 6.54 Å². The maximum atomic E-state index is 6.05. The Labute approximate surface area is 107 Å². The van der Waals surface area contributed by atoms with Crippen LogP contribution in [0.5, 0.6) is 0 Å². The van der Waals surface area contributed by atoms with E-state index in [1.54, 1.807) is 11.3 Å². The summed E-state index contributed by atoms with van der Waals surface area (Å²) in [6.07, 6.45) is 0. The van der Waals surface area contributed by atoms with E-state index in [1.807, 2.05) is 35.7 Å². The van der Waals surface area contributed by atoms with Crippen molar-refractivity contribution in [2.45, 2.75) is 6.04 Å². The summed E-state index contributed by atoms with van der Waals surface area (Å²) in [4.78, 5) is 4.24. The molecule has 1 atom stereocenters. The van der Waals surface area contributed by atoms with Gasteiger partial charge in [-0.2, -0.15) is 0 Å². The molecular weight excluding hydrogens is 286 g/mol. The number of aromatic nitrogens is 1. The Morgan fingerprint density at radius 3 is 2.75 bits per heavy atom. The van der Waals surface area contributed by atoms with E-state index in [9.17, 15) is 0 Å². The van der Waals surface area contributed by atoms with Gasteiger partial charge in [-0.05, 0) is 21.5 Å².